The molecule has 0 saturated carbocycles. The van der Waals surface area contributed by atoms with E-state index in [2.05, 4.69) is 16.4 Å². The van der Waals surface area contributed by atoms with Gasteiger partial charge in [-0.3, -0.25) is 9.69 Å². The maximum atomic E-state index is 13.4. The van der Waals surface area contributed by atoms with E-state index in [1.54, 1.807) is 0 Å². The third-order valence-corrected chi connectivity index (χ3v) is 5.74. The van der Waals surface area contributed by atoms with E-state index in [0.29, 0.717) is 35.9 Å². The summed E-state index contributed by atoms with van der Waals surface area (Å²) in [6.45, 7) is 4.43. The van der Waals surface area contributed by atoms with Gasteiger partial charge in [-0.05, 0) is 31.5 Å². The molecule has 0 bridgehead atoms. The van der Waals surface area contributed by atoms with Gasteiger partial charge in [0.05, 0.1) is 18.8 Å². The number of hydrogen-bond donors (Lipinski definition) is 1. The zero-order valence-corrected chi connectivity index (χ0v) is 16.8. The summed E-state index contributed by atoms with van der Waals surface area (Å²) in [6, 6.07) is 12.9. The molecule has 7 heteroatoms. The van der Waals surface area contributed by atoms with Crippen LogP contribution in [0.3, 0.4) is 0 Å². The van der Waals surface area contributed by atoms with Gasteiger partial charge in [0.15, 0.2) is 5.54 Å². The van der Waals surface area contributed by atoms with Gasteiger partial charge in [0.2, 0.25) is 5.89 Å². The van der Waals surface area contributed by atoms with Crippen LogP contribution in [0, 0.1) is 13.8 Å². The molecule has 1 atom stereocenters. The average Bonchev–Trinajstić information content (AvgIpc) is 3.28. The fourth-order valence-electron chi connectivity index (χ4n) is 4.23. The first-order valence-electron chi connectivity index (χ1n) is 9.86. The lowest BCUT2D eigenvalue weighted by Gasteiger charge is -2.33. The van der Waals surface area contributed by atoms with Gasteiger partial charge in [-0.15, -0.1) is 0 Å². The van der Waals surface area contributed by atoms with Crippen LogP contribution in [0.15, 0.2) is 53.1 Å². The normalized spacial score (nSPS) is 20.3. The first-order valence-corrected chi connectivity index (χ1v) is 9.86. The number of aromatic nitrogens is 1. The third-order valence-electron chi connectivity index (χ3n) is 5.74. The van der Waals surface area contributed by atoms with Crippen LogP contribution in [-0.4, -0.2) is 28.4 Å². The minimum atomic E-state index is -1.09. The van der Waals surface area contributed by atoms with Crippen molar-refractivity contribution in [3.8, 4) is 17.2 Å². The molecule has 3 amide bonds. The number of carbonyl (C=O) groups excluding carboxylic acids is 2. The summed E-state index contributed by atoms with van der Waals surface area (Å²) < 4.78 is 11.3. The number of urea groups is 1. The van der Waals surface area contributed by atoms with Gasteiger partial charge in [0.25, 0.3) is 5.91 Å². The molecule has 2 aliphatic rings. The fourth-order valence-corrected chi connectivity index (χ4v) is 4.23. The molecular weight excluding hydrogens is 382 g/mol. The molecule has 7 nitrogen and oxygen atoms in total. The molecule has 0 aliphatic carbocycles. The predicted octanol–water partition coefficient (Wildman–Crippen LogP) is 3.69. The van der Waals surface area contributed by atoms with E-state index in [1.807, 2.05) is 50.2 Å². The van der Waals surface area contributed by atoms with Crippen LogP contribution in [0.5, 0.6) is 5.75 Å². The van der Waals surface area contributed by atoms with Gasteiger partial charge in [-0.25, -0.2) is 9.78 Å². The molecule has 1 fully saturated rings. The number of carbonyl (C=O) groups is 2. The zero-order valence-electron chi connectivity index (χ0n) is 16.8. The van der Waals surface area contributed by atoms with Crippen molar-refractivity contribution < 1.29 is 18.7 Å². The summed E-state index contributed by atoms with van der Waals surface area (Å²) in [5.41, 5.74) is 3.21. The lowest BCUT2D eigenvalue weighted by molar-refractivity contribution is -0.133. The molecule has 1 spiro atoms. The summed E-state index contributed by atoms with van der Waals surface area (Å²) in [5.74, 6) is 0.804. The quantitative estimate of drug-likeness (QED) is 0.674. The van der Waals surface area contributed by atoms with Crippen LogP contribution in [0.2, 0.25) is 0 Å². The molecule has 1 aromatic heterocycles. The highest BCUT2D eigenvalue weighted by Crippen LogP contribution is 2.41. The van der Waals surface area contributed by atoms with Crippen LogP contribution >= 0.6 is 0 Å². The second-order valence-electron chi connectivity index (χ2n) is 7.78. The molecule has 0 unspecified atom stereocenters. The summed E-state index contributed by atoms with van der Waals surface area (Å²) in [7, 11) is 0. The van der Waals surface area contributed by atoms with E-state index < -0.39 is 11.6 Å². The van der Waals surface area contributed by atoms with Crippen LogP contribution in [0.4, 0.5) is 4.79 Å². The minimum Gasteiger partial charge on any atom is -0.493 e. The van der Waals surface area contributed by atoms with Crippen LogP contribution in [-0.2, 0) is 16.9 Å². The number of rotatable bonds is 3. The van der Waals surface area contributed by atoms with Crippen molar-refractivity contribution in [1.82, 2.24) is 15.2 Å². The van der Waals surface area contributed by atoms with E-state index in [9.17, 15) is 9.59 Å². The molecule has 3 aromatic rings. The molecule has 5 rings (SSSR count). The predicted molar refractivity (Wildman–Crippen MR) is 109 cm³/mol. The number of nitrogens with one attached hydrogen (secondary N) is 1. The maximum absolute atomic E-state index is 13.4. The number of aryl methyl sites for hydroxylation is 2. The van der Waals surface area contributed by atoms with Gasteiger partial charge < -0.3 is 14.5 Å². The molecule has 2 aromatic carbocycles. The van der Waals surface area contributed by atoms with Crippen LogP contribution < -0.4 is 10.1 Å². The fraction of sp³-hybridized carbons (Fsp3) is 0.261. The van der Waals surface area contributed by atoms with Gasteiger partial charge in [0.1, 0.15) is 12.0 Å². The van der Waals surface area contributed by atoms with E-state index in [0.717, 1.165) is 16.7 Å². The minimum absolute atomic E-state index is 0.0455. The van der Waals surface area contributed by atoms with E-state index in [1.165, 1.54) is 11.2 Å². The van der Waals surface area contributed by atoms with Gasteiger partial charge in [-0.2, -0.15) is 0 Å². The second kappa shape index (κ2) is 6.73. The standard InChI is InChI=1S/C23H21N3O4/c1-14-7-8-17(15(2)11-14)20-24-16(13-30-20)12-26-21(27)23(25-22(26)28)9-10-29-19-6-4-3-5-18(19)23/h3-8,11,13H,9-10,12H2,1-2H3,(H,25,28)/t23-/m0/s1. The number of hydrogen-bond acceptors (Lipinski definition) is 5. The monoisotopic (exact) mass is 403 g/mol. The smallest absolute Gasteiger partial charge is 0.325 e. The second-order valence-corrected chi connectivity index (χ2v) is 7.78. The summed E-state index contributed by atoms with van der Waals surface area (Å²) in [5, 5.41) is 2.90. The summed E-state index contributed by atoms with van der Waals surface area (Å²) in [4.78, 5) is 31.8. The van der Waals surface area contributed by atoms with Gasteiger partial charge in [-0.1, -0.05) is 35.9 Å². The molecular formula is C23H21N3O4. The van der Waals surface area contributed by atoms with Crippen LogP contribution in [0.25, 0.3) is 11.5 Å². The Labute approximate surface area is 173 Å². The Morgan fingerprint density at radius 1 is 1.17 bits per heavy atom. The molecule has 3 heterocycles. The first kappa shape index (κ1) is 18.4. The van der Waals surface area contributed by atoms with E-state index >= 15 is 0 Å². The number of oxazole rings is 1. The molecule has 152 valence electrons. The Hall–Kier alpha value is -3.61. The van der Waals surface area contributed by atoms with Gasteiger partial charge in [0, 0.05) is 17.5 Å². The van der Waals surface area contributed by atoms with Crippen molar-refractivity contribution in [2.75, 3.05) is 6.61 Å². The number of ether oxygens (including phenoxy) is 1. The Kier molecular flexibility index (Phi) is 4.13. The molecule has 30 heavy (non-hydrogen) atoms. The van der Waals surface area contributed by atoms with Crippen molar-refractivity contribution in [2.24, 2.45) is 0 Å². The summed E-state index contributed by atoms with van der Waals surface area (Å²) >= 11 is 0. The van der Waals surface area contributed by atoms with Crippen molar-refractivity contribution in [2.45, 2.75) is 32.4 Å². The summed E-state index contributed by atoms with van der Waals surface area (Å²) in [6.07, 6.45) is 1.88. The molecule has 1 N–H and O–H groups in total. The number of nitrogens with zero attached hydrogens (tertiary/aromatic N) is 2. The van der Waals surface area contributed by atoms with Crippen molar-refractivity contribution in [3.05, 3.63) is 71.1 Å². The molecule has 2 aliphatic heterocycles. The van der Waals surface area contributed by atoms with Gasteiger partial charge >= 0.3 is 6.03 Å². The van der Waals surface area contributed by atoms with Crippen molar-refractivity contribution in [3.63, 3.8) is 0 Å². The molecule has 0 radical (unpaired) electrons. The third kappa shape index (κ3) is 2.77. The lowest BCUT2D eigenvalue weighted by atomic mass is 9.84. The topological polar surface area (TPSA) is 84.7 Å². The Bertz CT molecular complexity index is 1170. The highest BCUT2D eigenvalue weighted by Gasteiger charge is 2.54. The maximum Gasteiger partial charge on any atom is 0.325 e. The highest BCUT2D eigenvalue weighted by atomic mass is 16.5. The Morgan fingerprint density at radius 2 is 2.00 bits per heavy atom. The number of fused-ring (bicyclic) bond motifs is 2. The van der Waals surface area contributed by atoms with E-state index in [4.69, 9.17) is 9.15 Å². The molecule has 1 saturated heterocycles. The Morgan fingerprint density at radius 3 is 2.83 bits per heavy atom. The number of para-hydroxylation sites is 1. The largest absolute Gasteiger partial charge is 0.493 e. The average molecular weight is 403 g/mol. The van der Waals surface area contributed by atoms with E-state index in [-0.39, 0.29) is 12.5 Å². The zero-order chi connectivity index (χ0) is 20.9. The van der Waals surface area contributed by atoms with Crippen molar-refractivity contribution in [1.29, 1.82) is 0 Å². The van der Waals surface area contributed by atoms with Crippen LogP contribution in [0.1, 0.15) is 28.8 Å². The Balaban J connectivity index is 1.43. The van der Waals surface area contributed by atoms with Crippen molar-refractivity contribution >= 4 is 11.9 Å². The number of imide groups is 1. The number of benzene rings is 2. The first-order chi connectivity index (χ1) is 14.5. The lowest BCUT2D eigenvalue weighted by Crippen LogP contribution is -2.47. The SMILES string of the molecule is Cc1ccc(-c2nc(CN3C(=O)N[C@]4(CCOc5ccccc54)C3=O)co2)c(C)c1. The highest BCUT2D eigenvalue weighted by molar-refractivity contribution is 6.07. The number of amides is 3.